The van der Waals surface area contributed by atoms with Crippen LogP contribution in [0.25, 0.3) is 0 Å². The molecule has 1 N–H and O–H groups in total. The number of rotatable bonds is 2. The molecule has 0 spiro atoms. The summed E-state index contributed by atoms with van der Waals surface area (Å²) in [4.78, 5) is 0. The molecule has 2 nitrogen and oxygen atoms in total. The molecular formula is C6H13NOSn. The molecule has 0 amide bonds. The average Bonchev–Trinajstić information content (AvgIpc) is 1.91. The molecule has 0 aromatic rings. The van der Waals surface area contributed by atoms with E-state index in [-0.39, 0.29) is 0 Å². The molecule has 1 heterocycles. The summed E-state index contributed by atoms with van der Waals surface area (Å²) in [5.74, 6) is 0. The molecule has 0 bridgehead atoms. The van der Waals surface area contributed by atoms with Crippen LogP contribution >= 0.6 is 0 Å². The van der Waals surface area contributed by atoms with Crippen molar-refractivity contribution in [2.24, 2.45) is 0 Å². The third-order valence-electron chi connectivity index (χ3n) is 1.65. The Labute approximate surface area is 66.8 Å². The van der Waals surface area contributed by atoms with E-state index < -0.39 is 21.4 Å². The van der Waals surface area contributed by atoms with Gasteiger partial charge in [0.2, 0.25) is 0 Å². The van der Waals surface area contributed by atoms with E-state index in [1.807, 2.05) is 0 Å². The summed E-state index contributed by atoms with van der Waals surface area (Å²) in [6, 6.07) is 0. The number of nitrogens with zero attached hydrogens (tertiary/aromatic N) is 1. The number of aliphatic hydroxyl groups is 1. The minimum absolute atomic E-state index is 0.484. The van der Waals surface area contributed by atoms with Crippen molar-refractivity contribution in [3.63, 3.8) is 0 Å². The van der Waals surface area contributed by atoms with Gasteiger partial charge in [0.25, 0.3) is 0 Å². The van der Waals surface area contributed by atoms with Crippen molar-refractivity contribution >= 4 is 21.4 Å². The normalized spacial score (nSPS) is 22.3. The van der Waals surface area contributed by atoms with Crippen molar-refractivity contribution in [3.05, 3.63) is 0 Å². The first-order valence-electron chi connectivity index (χ1n) is 3.53. The van der Waals surface area contributed by atoms with Crippen LogP contribution in [0.2, 0.25) is 0 Å². The maximum atomic E-state index is 8.65. The zero-order valence-corrected chi connectivity index (χ0v) is 8.49. The van der Waals surface area contributed by atoms with E-state index in [1.165, 1.54) is 32.4 Å². The minimum atomic E-state index is -0.484. The Hall–Kier alpha value is 0.719. The molecule has 1 rings (SSSR count). The van der Waals surface area contributed by atoms with Crippen molar-refractivity contribution in [2.45, 2.75) is 19.3 Å². The molecular weight excluding hydrogens is 221 g/mol. The van der Waals surface area contributed by atoms with Crippen LogP contribution < -0.4 is 0 Å². The summed E-state index contributed by atoms with van der Waals surface area (Å²) in [7, 11) is 0. The molecule has 0 aromatic carbocycles. The van der Waals surface area contributed by atoms with Gasteiger partial charge in [-0.05, 0) is 0 Å². The Balaban J connectivity index is 2.08. The second kappa shape index (κ2) is 4.52. The summed E-state index contributed by atoms with van der Waals surface area (Å²) in [5, 5.41) is 8.65. The first kappa shape index (κ1) is 7.82. The molecule has 1 aliphatic heterocycles. The van der Waals surface area contributed by atoms with Crippen molar-refractivity contribution in [3.8, 4) is 0 Å². The van der Waals surface area contributed by atoms with Crippen molar-refractivity contribution in [2.75, 3.05) is 17.7 Å². The van der Waals surface area contributed by atoms with Crippen LogP contribution in [0.1, 0.15) is 19.3 Å². The first-order valence-corrected chi connectivity index (χ1v) is 6.82. The molecule has 0 saturated carbocycles. The molecule has 0 aliphatic carbocycles. The van der Waals surface area contributed by atoms with Crippen LogP contribution in [0.5, 0.6) is 0 Å². The summed E-state index contributed by atoms with van der Waals surface area (Å²) in [6.45, 7) is 2.54. The molecule has 52 valence electrons. The third kappa shape index (κ3) is 2.87. The molecule has 0 atom stereocenters. The summed E-state index contributed by atoms with van der Waals surface area (Å²) < 4.78 is 2.98. The second-order valence-electron chi connectivity index (χ2n) is 2.36. The van der Waals surface area contributed by atoms with Gasteiger partial charge in [0, 0.05) is 0 Å². The fraction of sp³-hybridized carbons (Fsp3) is 1.00. The predicted molar refractivity (Wildman–Crippen MR) is 38.3 cm³/mol. The van der Waals surface area contributed by atoms with E-state index in [9.17, 15) is 0 Å². The summed E-state index contributed by atoms with van der Waals surface area (Å²) in [6.07, 6.45) is 4.13. The second-order valence-corrected chi connectivity index (χ2v) is 5.97. The monoisotopic (exact) mass is 235 g/mol. The summed E-state index contributed by atoms with van der Waals surface area (Å²) in [5.41, 5.74) is 0. The van der Waals surface area contributed by atoms with Crippen LogP contribution in [0.3, 0.4) is 0 Å². The van der Waals surface area contributed by atoms with Crippen molar-refractivity contribution in [1.29, 1.82) is 0 Å². The van der Waals surface area contributed by atoms with Crippen LogP contribution in [-0.4, -0.2) is 47.4 Å². The van der Waals surface area contributed by atoms with E-state index in [2.05, 4.69) is 3.12 Å². The topological polar surface area (TPSA) is 23.5 Å². The van der Waals surface area contributed by atoms with Gasteiger partial charge in [-0.25, -0.2) is 0 Å². The molecule has 0 unspecified atom stereocenters. The van der Waals surface area contributed by atoms with Crippen molar-refractivity contribution < 1.29 is 5.11 Å². The number of hydrogen-bond acceptors (Lipinski definition) is 2. The van der Waals surface area contributed by atoms with E-state index in [0.29, 0.717) is 4.62 Å². The maximum absolute atomic E-state index is 8.65. The van der Waals surface area contributed by atoms with E-state index in [1.54, 1.807) is 0 Å². The van der Waals surface area contributed by atoms with Gasteiger partial charge in [0.15, 0.2) is 0 Å². The molecule has 1 saturated heterocycles. The molecule has 0 aromatic heterocycles. The molecule has 1 aliphatic rings. The average molecular weight is 234 g/mol. The van der Waals surface area contributed by atoms with Crippen LogP contribution in [0.4, 0.5) is 0 Å². The Morgan fingerprint density at radius 1 is 1.22 bits per heavy atom. The van der Waals surface area contributed by atoms with Gasteiger partial charge in [-0.15, -0.1) is 0 Å². The standard InChI is InChI=1S/C5H10N.CH3O.Sn/c1-2-4-6-5-3-1;1-2;/h1-5H2;2H,1H2;/q-1;;+1. The van der Waals surface area contributed by atoms with Gasteiger partial charge in [-0.3, -0.25) is 0 Å². The van der Waals surface area contributed by atoms with Gasteiger partial charge in [0.1, 0.15) is 0 Å². The van der Waals surface area contributed by atoms with E-state index >= 15 is 0 Å². The Morgan fingerprint density at radius 2 is 1.89 bits per heavy atom. The third-order valence-corrected chi connectivity index (χ3v) is 4.61. The van der Waals surface area contributed by atoms with Crippen LogP contribution in [-0.2, 0) is 0 Å². The van der Waals surface area contributed by atoms with E-state index in [4.69, 9.17) is 5.11 Å². The Bertz CT molecular complexity index is 70.7. The van der Waals surface area contributed by atoms with Gasteiger partial charge < -0.3 is 0 Å². The Morgan fingerprint density at radius 3 is 2.44 bits per heavy atom. The van der Waals surface area contributed by atoms with Crippen molar-refractivity contribution in [1.82, 2.24) is 3.12 Å². The number of piperidine rings is 1. The SMILES string of the molecule is O[CH2][Sn][N]1CCCCC1. The molecule has 1 fully saturated rings. The van der Waals surface area contributed by atoms with Crippen LogP contribution in [0.15, 0.2) is 0 Å². The van der Waals surface area contributed by atoms with E-state index in [0.717, 1.165) is 0 Å². The van der Waals surface area contributed by atoms with Gasteiger partial charge in [-0.2, -0.15) is 0 Å². The quantitative estimate of drug-likeness (QED) is 0.682. The zero-order chi connectivity index (χ0) is 6.53. The number of aliphatic hydroxyl groups excluding tert-OH is 1. The summed E-state index contributed by atoms with van der Waals surface area (Å²) >= 11 is -0.484. The molecule has 2 radical (unpaired) electrons. The zero-order valence-electron chi connectivity index (χ0n) is 5.64. The molecule has 3 heteroatoms. The Kier molecular flexibility index (Phi) is 3.93. The fourth-order valence-corrected chi connectivity index (χ4v) is 3.53. The van der Waals surface area contributed by atoms with Gasteiger partial charge in [-0.1, -0.05) is 0 Å². The number of hydrogen-bond donors (Lipinski definition) is 1. The molecule has 9 heavy (non-hydrogen) atoms. The van der Waals surface area contributed by atoms with Gasteiger partial charge in [0.05, 0.1) is 0 Å². The first-order chi connectivity index (χ1) is 4.43. The van der Waals surface area contributed by atoms with Crippen LogP contribution in [0, 0.1) is 0 Å². The fourth-order valence-electron chi connectivity index (χ4n) is 1.15. The van der Waals surface area contributed by atoms with Gasteiger partial charge >= 0.3 is 66.6 Å². The predicted octanol–water partition coefficient (Wildman–Crippen LogP) is 0.0413.